The fraction of sp³-hybridized carbons (Fsp3) is 0.250. The SMILES string of the molecule is C=Cc1c(Cc2ccccc2)c(=O)n(C)c2nc(Nc3ccc(N(C)CCN(C)C)cc3)ncc12. The third kappa shape index (κ3) is 5.41. The fourth-order valence-corrected chi connectivity index (χ4v) is 4.07. The van der Waals surface area contributed by atoms with Gasteiger partial charge in [-0.25, -0.2) is 4.98 Å². The molecule has 4 rings (SSSR count). The summed E-state index contributed by atoms with van der Waals surface area (Å²) in [6, 6.07) is 18.1. The van der Waals surface area contributed by atoms with E-state index in [0.717, 1.165) is 41.0 Å². The third-order valence-electron chi connectivity index (χ3n) is 6.14. The number of pyridine rings is 1. The van der Waals surface area contributed by atoms with Gasteiger partial charge in [-0.3, -0.25) is 9.36 Å². The van der Waals surface area contributed by atoms with Gasteiger partial charge in [0.05, 0.1) is 0 Å². The van der Waals surface area contributed by atoms with Crippen LogP contribution in [-0.4, -0.2) is 53.7 Å². The molecule has 7 nitrogen and oxygen atoms in total. The summed E-state index contributed by atoms with van der Waals surface area (Å²) in [7, 11) is 7.98. The van der Waals surface area contributed by atoms with Crippen molar-refractivity contribution in [2.24, 2.45) is 7.05 Å². The van der Waals surface area contributed by atoms with Crippen LogP contribution in [-0.2, 0) is 13.5 Å². The van der Waals surface area contributed by atoms with Crippen molar-refractivity contribution in [2.45, 2.75) is 6.42 Å². The molecule has 0 aliphatic carbocycles. The summed E-state index contributed by atoms with van der Waals surface area (Å²) in [6.45, 7) is 5.89. The zero-order valence-electron chi connectivity index (χ0n) is 20.8. The standard InChI is InChI=1S/C28H32N6O/c1-6-23-24(18-20-10-8-7-9-11-20)27(35)34(5)26-25(23)19-29-28(31-26)30-21-12-14-22(15-13-21)33(4)17-16-32(2)3/h6-15,19H,1,16-18H2,2-5H3,(H,29,30,31). The van der Waals surface area contributed by atoms with E-state index in [4.69, 9.17) is 0 Å². The summed E-state index contributed by atoms with van der Waals surface area (Å²) in [5, 5.41) is 4.06. The molecule has 0 unspecified atom stereocenters. The van der Waals surface area contributed by atoms with E-state index in [-0.39, 0.29) is 5.56 Å². The maximum atomic E-state index is 13.3. The Morgan fingerprint density at radius 3 is 2.40 bits per heavy atom. The van der Waals surface area contributed by atoms with Crippen molar-refractivity contribution in [1.82, 2.24) is 19.4 Å². The van der Waals surface area contributed by atoms with Gasteiger partial charge in [-0.1, -0.05) is 43.0 Å². The number of rotatable bonds is 9. The van der Waals surface area contributed by atoms with Crippen LogP contribution in [0.2, 0.25) is 0 Å². The fourth-order valence-electron chi connectivity index (χ4n) is 4.07. The predicted octanol–water partition coefficient (Wildman–Crippen LogP) is 4.30. The van der Waals surface area contributed by atoms with Gasteiger partial charge in [-0.05, 0) is 49.5 Å². The Morgan fingerprint density at radius 1 is 1.03 bits per heavy atom. The number of fused-ring (bicyclic) bond motifs is 1. The van der Waals surface area contributed by atoms with Gasteiger partial charge in [-0.2, -0.15) is 4.98 Å². The van der Waals surface area contributed by atoms with Crippen molar-refractivity contribution in [3.63, 3.8) is 0 Å². The van der Waals surface area contributed by atoms with Gasteiger partial charge < -0.3 is 15.1 Å². The second-order valence-corrected chi connectivity index (χ2v) is 8.95. The van der Waals surface area contributed by atoms with Gasteiger partial charge in [0, 0.05) is 62.1 Å². The van der Waals surface area contributed by atoms with Crippen LogP contribution in [0.25, 0.3) is 17.1 Å². The van der Waals surface area contributed by atoms with Gasteiger partial charge in [0.2, 0.25) is 5.95 Å². The largest absolute Gasteiger partial charge is 0.373 e. The molecule has 2 heterocycles. The van der Waals surface area contributed by atoms with Gasteiger partial charge in [0.25, 0.3) is 5.56 Å². The average Bonchev–Trinajstić information content (AvgIpc) is 2.87. The first-order valence-corrected chi connectivity index (χ1v) is 11.7. The van der Waals surface area contributed by atoms with Crippen LogP contribution in [0.3, 0.4) is 0 Å². The highest BCUT2D eigenvalue weighted by atomic mass is 16.1. The minimum Gasteiger partial charge on any atom is -0.373 e. The molecule has 0 saturated carbocycles. The van der Waals surface area contributed by atoms with Gasteiger partial charge >= 0.3 is 0 Å². The molecular weight excluding hydrogens is 436 g/mol. The van der Waals surface area contributed by atoms with Gasteiger partial charge in [-0.15, -0.1) is 0 Å². The third-order valence-corrected chi connectivity index (χ3v) is 6.14. The molecule has 7 heteroatoms. The van der Waals surface area contributed by atoms with Crippen LogP contribution in [0.5, 0.6) is 0 Å². The van der Waals surface area contributed by atoms with E-state index in [1.807, 2.05) is 42.5 Å². The molecule has 4 aromatic rings. The Kier molecular flexibility index (Phi) is 7.27. The highest BCUT2D eigenvalue weighted by Gasteiger charge is 2.16. The first-order chi connectivity index (χ1) is 16.9. The maximum absolute atomic E-state index is 13.3. The van der Waals surface area contributed by atoms with Crippen LogP contribution < -0.4 is 15.8 Å². The minimum atomic E-state index is -0.0778. The Labute approximate surface area is 206 Å². The number of anilines is 3. The molecule has 0 radical (unpaired) electrons. The molecule has 1 N–H and O–H groups in total. The molecular formula is C28H32N6O. The molecule has 0 aliphatic rings. The topological polar surface area (TPSA) is 66.3 Å². The molecule has 2 aromatic heterocycles. The Hall–Kier alpha value is -3.97. The number of aromatic nitrogens is 3. The van der Waals surface area contributed by atoms with Crippen LogP contribution >= 0.6 is 0 Å². The average molecular weight is 469 g/mol. The number of hydrogen-bond donors (Lipinski definition) is 1. The van der Waals surface area contributed by atoms with Crippen molar-refractivity contribution >= 4 is 34.4 Å². The van der Waals surface area contributed by atoms with Gasteiger partial charge in [0.1, 0.15) is 5.65 Å². The maximum Gasteiger partial charge on any atom is 0.256 e. The zero-order valence-corrected chi connectivity index (χ0v) is 20.8. The lowest BCUT2D eigenvalue weighted by Crippen LogP contribution is -2.28. The molecule has 0 atom stereocenters. The van der Waals surface area contributed by atoms with E-state index in [1.165, 1.54) is 0 Å². The van der Waals surface area contributed by atoms with Crippen LogP contribution in [0.4, 0.5) is 17.3 Å². The van der Waals surface area contributed by atoms with Crippen molar-refractivity contribution in [3.8, 4) is 0 Å². The molecule has 35 heavy (non-hydrogen) atoms. The first kappa shape index (κ1) is 24.2. The first-order valence-electron chi connectivity index (χ1n) is 11.7. The van der Waals surface area contributed by atoms with E-state index >= 15 is 0 Å². The molecule has 0 aliphatic heterocycles. The van der Waals surface area contributed by atoms with Crippen molar-refractivity contribution in [3.05, 3.63) is 94.4 Å². The van der Waals surface area contributed by atoms with Gasteiger partial charge in [0.15, 0.2) is 0 Å². The lowest BCUT2D eigenvalue weighted by Gasteiger charge is -2.21. The van der Waals surface area contributed by atoms with Crippen molar-refractivity contribution in [2.75, 3.05) is 44.4 Å². The monoisotopic (exact) mass is 468 g/mol. The number of nitrogens with zero attached hydrogens (tertiary/aromatic N) is 5. The van der Waals surface area contributed by atoms with E-state index in [1.54, 1.807) is 23.9 Å². The number of hydrogen-bond acceptors (Lipinski definition) is 6. The summed E-state index contributed by atoms with van der Waals surface area (Å²) in [5.41, 5.74) is 5.06. The van der Waals surface area contributed by atoms with E-state index in [0.29, 0.717) is 23.6 Å². The number of likely N-dealkylation sites (N-methyl/N-ethyl adjacent to an activating group) is 2. The number of benzene rings is 2. The Bertz CT molecular complexity index is 1380. The van der Waals surface area contributed by atoms with Crippen LogP contribution in [0.1, 0.15) is 16.7 Å². The van der Waals surface area contributed by atoms with Crippen molar-refractivity contribution < 1.29 is 0 Å². The molecule has 180 valence electrons. The Morgan fingerprint density at radius 2 is 1.74 bits per heavy atom. The highest BCUT2D eigenvalue weighted by Crippen LogP contribution is 2.24. The summed E-state index contributed by atoms with van der Waals surface area (Å²) < 4.78 is 1.59. The predicted molar refractivity (Wildman–Crippen MR) is 146 cm³/mol. The molecule has 2 aromatic carbocycles. The zero-order chi connectivity index (χ0) is 24.9. The quantitative estimate of drug-likeness (QED) is 0.395. The summed E-state index contributed by atoms with van der Waals surface area (Å²) in [6.07, 6.45) is 4.02. The molecule has 0 bridgehead atoms. The van der Waals surface area contributed by atoms with E-state index in [2.05, 4.69) is 64.9 Å². The minimum absolute atomic E-state index is 0.0778. The van der Waals surface area contributed by atoms with Crippen molar-refractivity contribution in [1.29, 1.82) is 0 Å². The summed E-state index contributed by atoms with van der Waals surface area (Å²) in [5.74, 6) is 0.437. The number of aryl methyl sites for hydroxylation is 1. The lowest BCUT2D eigenvalue weighted by molar-refractivity contribution is 0.416. The smallest absolute Gasteiger partial charge is 0.256 e. The molecule has 0 amide bonds. The molecule has 0 spiro atoms. The normalized spacial score (nSPS) is 11.1. The number of nitrogens with one attached hydrogen (secondary N) is 1. The van der Waals surface area contributed by atoms with Crippen LogP contribution in [0.15, 0.2) is 72.2 Å². The van der Waals surface area contributed by atoms with Crippen LogP contribution in [0, 0.1) is 0 Å². The molecule has 0 fully saturated rings. The van der Waals surface area contributed by atoms with E-state index < -0.39 is 0 Å². The summed E-state index contributed by atoms with van der Waals surface area (Å²) in [4.78, 5) is 26.8. The lowest BCUT2D eigenvalue weighted by atomic mass is 9.99. The highest BCUT2D eigenvalue weighted by molar-refractivity contribution is 5.87. The second-order valence-electron chi connectivity index (χ2n) is 8.95. The Balaban J connectivity index is 1.61. The van der Waals surface area contributed by atoms with E-state index in [9.17, 15) is 4.79 Å². The summed E-state index contributed by atoms with van der Waals surface area (Å²) >= 11 is 0. The second kappa shape index (κ2) is 10.5. The molecule has 0 saturated heterocycles.